The largest absolute Gasteiger partial charge is 0.367 e. The Kier molecular flexibility index (Phi) is 8.31. The molecule has 1 aliphatic heterocycles. The second-order valence-corrected chi connectivity index (χ2v) is 9.51. The van der Waals surface area contributed by atoms with Gasteiger partial charge >= 0.3 is 0 Å². The van der Waals surface area contributed by atoms with Crippen molar-refractivity contribution >= 4 is 5.70 Å². The Bertz CT molecular complexity index is 769. The maximum absolute atomic E-state index is 14.4. The average Bonchev–Trinajstić information content (AvgIpc) is 2.64. The summed E-state index contributed by atoms with van der Waals surface area (Å²) in [5, 5.41) is 0. The van der Waals surface area contributed by atoms with Crippen LogP contribution < -0.4 is 0 Å². The van der Waals surface area contributed by atoms with Gasteiger partial charge in [0.2, 0.25) is 0 Å². The number of benzene rings is 1. The zero-order chi connectivity index (χ0) is 21.7. The highest BCUT2D eigenvalue weighted by Crippen LogP contribution is 2.36. The van der Waals surface area contributed by atoms with Crippen LogP contribution in [0.2, 0.25) is 0 Å². The van der Waals surface area contributed by atoms with E-state index in [1.165, 1.54) is 12.0 Å². The number of rotatable bonds is 9. The van der Waals surface area contributed by atoms with Gasteiger partial charge < -0.3 is 4.90 Å². The summed E-state index contributed by atoms with van der Waals surface area (Å²) in [5.74, 6) is 1.77. The van der Waals surface area contributed by atoms with Crippen LogP contribution in [0.3, 0.4) is 0 Å². The number of nitrogens with zero attached hydrogens (tertiary/aromatic N) is 1. The second-order valence-electron chi connectivity index (χ2n) is 9.51. The molecule has 0 aliphatic carbocycles. The molecule has 1 heterocycles. The Morgan fingerprint density at radius 3 is 2.38 bits per heavy atom. The Balaban J connectivity index is 2.39. The van der Waals surface area contributed by atoms with Gasteiger partial charge in [0.15, 0.2) is 0 Å². The molecule has 1 aromatic rings. The normalized spacial score (nSPS) is 18.1. The van der Waals surface area contributed by atoms with Crippen LogP contribution in [0.4, 0.5) is 4.39 Å². The molecule has 2 atom stereocenters. The third-order valence-corrected chi connectivity index (χ3v) is 6.38. The van der Waals surface area contributed by atoms with E-state index in [0.717, 1.165) is 41.7 Å². The van der Waals surface area contributed by atoms with Gasteiger partial charge in [-0.05, 0) is 79.4 Å². The minimum atomic E-state index is -0.143. The lowest BCUT2D eigenvalue weighted by Gasteiger charge is -2.39. The van der Waals surface area contributed by atoms with Crippen molar-refractivity contribution < 1.29 is 4.39 Å². The molecule has 160 valence electrons. The summed E-state index contributed by atoms with van der Waals surface area (Å²) < 4.78 is 14.4. The molecule has 0 amide bonds. The van der Waals surface area contributed by atoms with E-state index in [1.807, 2.05) is 0 Å². The lowest BCUT2D eigenvalue weighted by Crippen LogP contribution is -2.37. The first-order valence-corrected chi connectivity index (χ1v) is 11.2. The number of aryl methyl sites for hydroxylation is 1. The van der Waals surface area contributed by atoms with Crippen LogP contribution in [0.1, 0.15) is 71.9 Å². The molecule has 1 nitrogen and oxygen atoms in total. The Hall–Kier alpha value is -1.83. The maximum atomic E-state index is 14.4. The van der Waals surface area contributed by atoms with Crippen LogP contribution in [0.5, 0.6) is 0 Å². The standard InChI is InChI=1S/C27H40FN/c1-9-22(19(4)5)17-27-25(20(6)7)12-13-26(29(27)8)23-14-21(11-10-18(2)3)15-24(28)16-23/h12-16,18-19,22,27H,6,9-11,17H2,1-5,7-8H3. The first kappa shape index (κ1) is 23.4. The summed E-state index contributed by atoms with van der Waals surface area (Å²) in [4.78, 5) is 2.34. The third-order valence-electron chi connectivity index (χ3n) is 6.38. The first-order chi connectivity index (χ1) is 13.6. The Morgan fingerprint density at radius 2 is 1.83 bits per heavy atom. The fourth-order valence-corrected chi connectivity index (χ4v) is 4.38. The fraction of sp³-hybridized carbons (Fsp3) is 0.556. The van der Waals surface area contributed by atoms with Gasteiger partial charge in [-0.3, -0.25) is 0 Å². The quantitative estimate of drug-likeness (QED) is 0.414. The summed E-state index contributed by atoms with van der Waals surface area (Å²) in [7, 11) is 2.15. The van der Waals surface area contributed by atoms with Crippen LogP contribution in [0.15, 0.2) is 48.1 Å². The third kappa shape index (κ3) is 6.07. The summed E-state index contributed by atoms with van der Waals surface area (Å²) in [5.41, 5.74) is 5.58. The monoisotopic (exact) mass is 397 g/mol. The number of allylic oxidation sites excluding steroid dienone is 2. The number of hydrogen-bond acceptors (Lipinski definition) is 1. The Labute approximate surface area is 178 Å². The van der Waals surface area contributed by atoms with Gasteiger partial charge in [0, 0.05) is 18.3 Å². The topological polar surface area (TPSA) is 3.24 Å². The van der Waals surface area contributed by atoms with E-state index in [0.29, 0.717) is 17.8 Å². The Morgan fingerprint density at radius 1 is 1.14 bits per heavy atom. The molecule has 0 spiro atoms. The van der Waals surface area contributed by atoms with E-state index in [4.69, 9.17) is 0 Å². The molecule has 0 aromatic heterocycles. The van der Waals surface area contributed by atoms with E-state index in [9.17, 15) is 4.39 Å². The lowest BCUT2D eigenvalue weighted by molar-refractivity contribution is 0.263. The molecule has 2 heteroatoms. The van der Waals surface area contributed by atoms with Crippen molar-refractivity contribution in [2.75, 3.05) is 7.05 Å². The second kappa shape index (κ2) is 10.3. The minimum absolute atomic E-state index is 0.143. The fourth-order valence-electron chi connectivity index (χ4n) is 4.38. The van der Waals surface area contributed by atoms with Crippen LogP contribution >= 0.6 is 0 Å². The van der Waals surface area contributed by atoms with Crippen molar-refractivity contribution in [1.29, 1.82) is 0 Å². The summed E-state index contributed by atoms with van der Waals surface area (Å²) in [6.07, 6.45) is 8.60. The van der Waals surface area contributed by atoms with Crippen molar-refractivity contribution in [1.82, 2.24) is 4.90 Å². The molecular formula is C27H40FN. The van der Waals surface area contributed by atoms with Gasteiger partial charge in [-0.15, -0.1) is 0 Å². The van der Waals surface area contributed by atoms with Gasteiger partial charge in [-0.1, -0.05) is 59.3 Å². The molecule has 0 fully saturated rings. The van der Waals surface area contributed by atoms with Crippen LogP contribution in [-0.2, 0) is 6.42 Å². The highest BCUT2D eigenvalue weighted by atomic mass is 19.1. The van der Waals surface area contributed by atoms with E-state index < -0.39 is 0 Å². The molecular weight excluding hydrogens is 357 g/mol. The van der Waals surface area contributed by atoms with Crippen LogP contribution in [-0.4, -0.2) is 18.0 Å². The summed E-state index contributed by atoms with van der Waals surface area (Å²) in [6.45, 7) is 17.6. The van der Waals surface area contributed by atoms with Crippen molar-refractivity contribution in [3.63, 3.8) is 0 Å². The van der Waals surface area contributed by atoms with E-state index in [2.05, 4.69) is 78.3 Å². The molecule has 0 radical (unpaired) electrons. The number of hydrogen-bond donors (Lipinski definition) is 0. The van der Waals surface area contributed by atoms with Gasteiger partial charge in [0.05, 0.1) is 6.04 Å². The highest BCUT2D eigenvalue weighted by molar-refractivity contribution is 5.69. The SMILES string of the molecule is C=C(C)C1=CC=C(c2cc(F)cc(CCC(C)C)c2)N(C)C1CC(CC)C(C)C. The van der Waals surface area contributed by atoms with Crippen LogP contribution in [0.25, 0.3) is 5.70 Å². The average molecular weight is 398 g/mol. The molecule has 2 unspecified atom stereocenters. The molecule has 1 aromatic carbocycles. The summed E-state index contributed by atoms with van der Waals surface area (Å²) in [6, 6.07) is 5.82. The lowest BCUT2D eigenvalue weighted by atomic mass is 9.81. The first-order valence-electron chi connectivity index (χ1n) is 11.2. The van der Waals surface area contributed by atoms with Crippen molar-refractivity contribution in [2.45, 2.75) is 73.3 Å². The van der Waals surface area contributed by atoms with Gasteiger partial charge in [0.25, 0.3) is 0 Å². The molecule has 0 N–H and O–H groups in total. The van der Waals surface area contributed by atoms with E-state index in [-0.39, 0.29) is 11.9 Å². The van der Waals surface area contributed by atoms with Crippen molar-refractivity contribution in [3.8, 4) is 0 Å². The predicted molar refractivity (Wildman–Crippen MR) is 125 cm³/mol. The minimum Gasteiger partial charge on any atom is -0.367 e. The van der Waals surface area contributed by atoms with E-state index >= 15 is 0 Å². The van der Waals surface area contributed by atoms with Crippen molar-refractivity contribution in [2.24, 2.45) is 17.8 Å². The van der Waals surface area contributed by atoms with Gasteiger partial charge in [-0.25, -0.2) is 4.39 Å². The molecule has 0 bridgehead atoms. The zero-order valence-electron chi connectivity index (χ0n) is 19.6. The van der Waals surface area contributed by atoms with Crippen molar-refractivity contribution in [3.05, 3.63) is 65.0 Å². The van der Waals surface area contributed by atoms with Crippen LogP contribution in [0, 0.1) is 23.6 Å². The van der Waals surface area contributed by atoms with E-state index in [1.54, 1.807) is 12.1 Å². The number of halogens is 1. The molecule has 29 heavy (non-hydrogen) atoms. The zero-order valence-corrected chi connectivity index (χ0v) is 19.6. The number of likely N-dealkylation sites (N-methyl/N-ethyl adjacent to an activating group) is 1. The van der Waals surface area contributed by atoms with Gasteiger partial charge in [0.1, 0.15) is 5.82 Å². The predicted octanol–water partition coefficient (Wildman–Crippen LogP) is 7.64. The molecule has 2 rings (SSSR count). The summed E-state index contributed by atoms with van der Waals surface area (Å²) >= 11 is 0. The van der Waals surface area contributed by atoms with Gasteiger partial charge in [-0.2, -0.15) is 0 Å². The molecule has 0 saturated heterocycles. The smallest absolute Gasteiger partial charge is 0.124 e. The molecule has 0 saturated carbocycles. The molecule has 1 aliphatic rings. The highest BCUT2D eigenvalue weighted by Gasteiger charge is 2.29. The maximum Gasteiger partial charge on any atom is 0.124 e.